The number of hydrogen-bond donors (Lipinski definition) is 4. The van der Waals surface area contributed by atoms with Crippen molar-refractivity contribution in [2.45, 2.75) is 50.5 Å². The third-order valence-electron chi connectivity index (χ3n) is 5.72. The molecular weight excluding hydrogens is 352 g/mol. The summed E-state index contributed by atoms with van der Waals surface area (Å²) in [5.41, 5.74) is -0.799. The van der Waals surface area contributed by atoms with E-state index < -0.39 is 5.54 Å². The number of aliphatic hydroxyl groups is 3. The van der Waals surface area contributed by atoms with Crippen LogP contribution in [0.2, 0.25) is 0 Å². The van der Waals surface area contributed by atoms with E-state index in [0.29, 0.717) is 19.4 Å². The summed E-state index contributed by atoms with van der Waals surface area (Å²) in [6, 6.07) is 0. The summed E-state index contributed by atoms with van der Waals surface area (Å²) in [7, 11) is 0. The van der Waals surface area contributed by atoms with E-state index in [4.69, 9.17) is 0 Å². The maximum atomic E-state index is 12.7. The van der Waals surface area contributed by atoms with Crippen LogP contribution in [0.25, 0.3) is 0 Å². The quantitative estimate of drug-likeness (QED) is 0.385. The highest BCUT2D eigenvalue weighted by Crippen LogP contribution is 2.31. The first-order valence-electron chi connectivity index (χ1n) is 9.63. The average Bonchev–Trinajstić information content (AvgIpc) is 2.95. The van der Waals surface area contributed by atoms with Crippen LogP contribution in [0, 0.1) is 11.8 Å². The molecule has 1 fully saturated rings. The lowest BCUT2D eigenvalue weighted by molar-refractivity contribution is -0.138. The van der Waals surface area contributed by atoms with Gasteiger partial charge < -0.3 is 20.6 Å². The number of aliphatic hydroxyl groups excluding tert-OH is 3. The molecule has 2 rings (SSSR count). The second-order valence-corrected chi connectivity index (χ2v) is 7.53. The number of imide groups is 1. The predicted octanol–water partition coefficient (Wildman–Crippen LogP) is -0.280. The lowest BCUT2D eigenvalue weighted by atomic mass is 9.80. The second-order valence-electron chi connectivity index (χ2n) is 7.53. The molecule has 0 atom stereocenters. The molecule has 1 aliphatic heterocycles. The number of hydrogen-bond acceptors (Lipinski definition) is 6. The van der Waals surface area contributed by atoms with Gasteiger partial charge in [0.15, 0.2) is 0 Å². The highest BCUT2D eigenvalue weighted by molar-refractivity contribution is 6.12. The van der Waals surface area contributed by atoms with Crippen LogP contribution in [0.15, 0.2) is 12.2 Å². The fourth-order valence-electron chi connectivity index (χ4n) is 4.04. The first kappa shape index (κ1) is 21.5. The fraction of sp³-hybridized carbons (Fsp3) is 0.737. The van der Waals surface area contributed by atoms with E-state index in [1.165, 1.54) is 17.1 Å². The van der Waals surface area contributed by atoms with Gasteiger partial charge in [0, 0.05) is 50.0 Å². The minimum Gasteiger partial charge on any atom is -0.396 e. The standard InChI is InChI=1S/C19H30N2O6/c22-10-7-19(8-11-23,9-12-24)20-18(27)15-3-1-14(2-4-15)13-21-16(25)5-6-17(21)26/h5-6,14-15,22-24H,1-4,7-13H2,(H,20,27). The first-order valence-corrected chi connectivity index (χ1v) is 9.63. The Bertz CT molecular complexity index is 534. The van der Waals surface area contributed by atoms with Gasteiger partial charge in [-0.15, -0.1) is 0 Å². The molecule has 0 radical (unpaired) electrons. The van der Waals surface area contributed by atoms with E-state index in [1.807, 2.05) is 0 Å². The summed E-state index contributed by atoms with van der Waals surface area (Å²) in [6.07, 6.45) is 6.23. The largest absolute Gasteiger partial charge is 0.396 e. The Labute approximate surface area is 159 Å². The number of carbonyl (C=O) groups excluding carboxylic acids is 3. The molecule has 1 heterocycles. The molecule has 4 N–H and O–H groups in total. The molecule has 152 valence electrons. The van der Waals surface area contributed by atoms with Gasteiger partial charge in [-0.2, -0.15) is 0 Å². The minimum absolute atomic E-state index is 0.126. The van der Waals surface area contributed by atoms with Crippen LogP contribution in [-0.4, -0.2) is 69.8 Å². The van der Waals surface area contributed by atoms with Crippen LogP contribution in [0.4, 0.5) is 0 Å². The molecule has 27 heavy (non-hydrogen) atoms. The Kier molecular flexibility index (Phi) is 7.94. The Balaban J connectivity index is 1.87. The monoisotopic (exact) mass is 382 g/mol. The molecular formula is C19H30N2O6. The molecule has 0 unspecified atom stereocenters. The van der Waals surface area contributed by atoms with E-state index in [2.05, 4.69) is 5.32 Å². The Hall–Kier alpha value is -1.77. The molecule has 3 amide bonds. The van der Waals surface area contributed by atoms with Crippen LogP contribution in [0.1, 0.15) is 44.9 Å². The molecule has 1 saturated carbocycles. The third kappa shape index (κ3) is 5.60. The Morgan fingerprint density at radius 3 is 1.89 bits per heavy atom. The molecule has 0 bridgehead atoms. The van der Waals surface area contributed by atoms with Gasteiger partial charge in [0.1, 0.15) is 0 Å². The average molecular weight is 382 g/mol. The SMILES string of the molecule is O=C(NC(CCO)(CCO)CCO)C1CCC(CN2C(=O)C=CC2=O)CC1. The van der Waals surface area contributed by atoms with E-state index in [0.717, 1.165) is 12.8 Å². The van der Waals surface area contributed by atoms with E-state index >= 15 is 0 Å². The van der Waals surface area contributed by atoms with Gasteiger partial charge in [-0.25, -0.2) is 0 Å². The molecule has 0 saturated heterocycles. The molecule has 0 spiro atoms. The van der Waals surface area contributed by atoms with Gasteiger partial charge in [0.25, 0.3) is 11.8 Å². The Morgan fingerprint density at radius 1 is 0.963 bits per heavy atom. The summed E-state index contributed by atoms with van der Waals surface area (Å²) >= 11 is 0. The van der Waals surface area contributed by atoms with Crippen molar-refractivity contribution in [1.82, 2.24) is 10.2 Å². The normalized spacial score (nSPS) is 23.1. The van der Waals surface area contributed by atoms with Crippen molar-refractivity contribution in [2.75, 3.05) is 26.4 Å². The fourth-order valence-corrected chi connectivity index (χ4v) is 4.04. The van der Waals surface area contributed by atoms with Crippen molar-refractivity contribution in [3.8, 4) is 0 Å². The topological polar surface area (TPSA) is 127 Å². The zero-order valence-electron chi connectivity index (χ0n) is 15.6. The van der Waals surface area contributed by atoms with Crippen LogP contribution in [0.5, 0.6) is 0 Å². The van der Waals surface area contributed by atoms with E-state index in [-0.39, 0.29) is 68.6 Å². The van der Waals surface area contributed by atoms with Gasteiger partial charge in [-0.05, 0) is 50.9 Å². The maximum Gasteiger partial charge on any atom is 0.253 e. The van der Waals surface area contributed by atoms with Crippen LogP contribution in [-0.2, 0) is 14.4 Å². The second kappa shape index (κ2) is 9.96. The number of rotatable bonds is 10. The van der Waals surface area contributed by atoms with Crippen molar-refractivity contribution in [1.29, 1.82) is 0 Å². The van der Waals surface area contributed by atoms with Gasteiger partial charge in [0.2, 0.25) is 5.91 Å². The molecule has 1 aliphatic carbocycles. The van der Waals surface area contributed by atoms with Crippen LogP contribution < -0.4 is 5.32 Å². The van der Waals surface area contributed by atoms with Gasteiger partial charge in [0.05, 0.1) is 0 Å². The van der Waals surface area contributed by atoms with Crippen molar-refractivity contribution in [2.24, 2.45) is 11.8 Å². The van der Waals surface area contributed by atoms with E-state index in [9.17, 15) is 29.7 Å². The first-order chi connectivity index (χ1) is 12.9. The summed E-state index contributed by atoms with van der Waals surface area (Å²) < 4.78 is 0. The summed E-state index contributed by atoms with van der Waals surface area (Å²) in [6.45, 7) is -0.0284. The maximum absolute atomic E-state index is 12.7. The zero-order valence-corrected chi connectivity index (χ0v) is 15.6. The summed E-state index contributed by atoms with van der Waals surface area (Å²) in [4.78, 5) is 37.3. The van der Waals surface area contributed by atoms with Gasteiger partial charge >= 0.3 is 0 Å². The molecule has 8 heteroatoms. The molecule has 0 aromatic rings. The number of amides is 3. The van der Waals surface area contributed by atoms with Crippen LogP contribution >= 0.6 is 0 Å². The van der Waals surface area contributed by atoms with Crippen molar-refractivity contribution >= 4 is 17.7 Å². The molecule has 8 nitrogen and oxygen atoms in total. The molecule has 2 aliphatic rings. The number of nitrogens with one attached hydrogen (secondary N) is 1. The third-order valence-corrected chi connectivity index (χ3v) is 5.72. The number of carbonyl (C=O) groups is 3. The lowest BCUT2D eigenvalue weighted by Crippen LogP contribution is -2.52. The number of nitrogens with zero attached hydrogens (tertiary/aromatic N) is 1. The smallest absolute Gasteiger partial charge is 0.253 e. The molecule has 0 aromatic carbocycles. The van der Waals surface area contributed by atoms with Crippen molar-refractivity contribution in [3.05, 3.63) is 12.2 Å². The van der Waals surface area contributed by atoms with Gasteiger partial charge in [-0.3, -0.25) is 19.3 Å². The summed E-state index contributed by atoms with van der Waals surface area (Å²) in [5, 5.41) is 30.9. The Morgan fingerprint density at radius 2 is 1.44 bits per heavy atom. The van der Waals surface area contributed by atoms with Crippen LogP contribution in [0.3, 0.4) is 0 Å². The van der Waals surface area contributed by atoms with Gasteiger partial charge in [-0.1, -0.05) is 0 Å². The predicted molar refractivity (Wildman–Crippen MR) is 97.3 cm³/mol. The molecule has 0 aromatic heterocycles. The zero-order chi connectivity index (χ0) is 19.9. The van der Waals surface area contributed by atoms with E-state index in [1.54, 1.807) is 0 Å². The minimum atomic E-state index is -0.799. The van der Waals surface area contributed by atoms with Crippen molar-refractivity contribution in [3.63, 3.8) is 0 Å². The lowest BCUT2D eigenvalue weighted by Gasteiger charge is -2.37. The highest BCUT2D eigenvalue weighted by atomic mass is 16.3. The summed E-state index contributed by atoms with van der Waals surface area (Å²) in [5.74, 6) is -0.666. The van der Waals surface area contributed by atoms with Crippen molar-refractivity contribution < 1.29 is 29.7 Å². The highest BCUT2D eigenvalue weighted by Gasteiger charge is 2.35.